The van der Waals surface area contributed by atoms with E-state index in [2.05, 4.69) is 65.8 Å². The van der Waals surface area contributed by atoms with Crippen LogP contribution in [0.3, 0.4) is 0 Å². The van der Waals surface area contributed by atoms with E-state index in [4.69, 9.17) is 5.26 Å². The Bertz CT molecular complexity index is 468. The Morgan fingerprint density at radius 3 is 1.50 bits per heavy atom. The van der Waals surface area contributed by atoms with E-state index in [9.17, 15) is 0 Å². The van der Waals surface area contributed by atoms with Gasteiger partial charge in [-0.15, -0.1) is 0 Å². The number of hydrogen-bond donors (Lipinski definition) is 0. The maximum atomic E-state index is 9.14. The first kappa shape index (κ1) is 13.1. The van der Waals surface area contributed by atoms with Crippen molar-refractivity contribution >= 4 is 0 Å². The van der Waals surface area contributed by atoms with Crippen molar-refractivity contribution in [2.45, 2.75) is 53.4 Å². The average molecular weight is 241 g/mol. The minimum atomic E-state index is 0.223. The van der Waals surface area contributed by atoms with Crippen LogP contribution in [-0.2, 0) is 0 Å². The summed E-state index contributed by atoms with van der Waals surface area (Å²) in [4.78, 5) is 0. The van der Waals surface area contributed by atoms with Crippen LogP contribution in [0.2, 0.25) is 0 Å². The Morgan fingerprint density at radius 2 is 1.22 bits per heavy atom. The fourth-order valence-corrected chi connectivity index (χ4v) is 3.49. The fraction of sp³-hybridized carbons (Fsp3) is 0.588. The third-order valence-corrected chi connectivity index (χ3v) is 4.02. The lowest BCUT2D eigenvalue weighted by atomic mass is 9.64. The van der Waals surface area contributed by atoms with Gasteiger partial charge in [-0.1, -0.05) is 47.6 Å². The Labute approximate surface area is 111 Å². The number of nitriles is 1. The smallest absolute Gasteiger partial charge is 0.0991 e. The fourth-order valence-electron chi connectivity index (χ4n) is 3.49. The second-order valence-electron chi connectivity index (χ2n) is 7.69. The predicted molar refractivity (Wildman–Crippen MR) is 75.5 cm³/mol. The zero-order valence-electron chi connectivity index (χ0n) is 12.3. The van der Waals surface area contributed by atoms with Crippen molar-refractivity contribution in [1.82, 2.24) is 0 Å². The molecule has 18 heavy (non-hydrogen) atoms. The monoisotopic (exact) mass is 241 g/mol. The van der Waals surface area contributed by atoms with Crippen LogP contribution >= 0.6 is 0 Å². The lowest BCUT2D eigenvalue weighted by Crippen LogP contribution is -2.29. The minimum absolute atomic E-state index is 0.223. The van der Waals surface area contributed by atoms with Crippen molar-refractivity contribution in [1.29, 1.82) is 5.26 Å². The van der Waals surface area contributed by atoms with Crippen molar-refractivity contribution in [3.05, 3.63) is 34.9 Å². The van der Waals surface area contributed by atoms with Gasteiger partial charge in [0.05, 0.1) is 11.6 Å². The van der Waals surface area contributed by atoms with E-state index in [0.717, 1.165) is 5.56 Å². The summed E-state index contributed by atoms with van der Waals surface area (Å²) >= 11 is 0. The largest absolute Gasteiger partial charge is 0.192 e. The molecule has 0 spiro atoms. The number of nitrogens with zero attached hydrogens (tertiary/aromatic N) is 1. The van der Waals surface area contributed by atoms with Crippen LogP contribution in [0.15, 0.2) is 18.2 Å². The van der Waals surface area contributed by atoms with E-state index in [-0.39, 0.29) is 10.8 Å². The molecule has 0 radical (unpaired) electrons. The normalized spacial score (nSPS) is 22.9. The van der Waals surface area contributed by atoms with Gasteiger partial charge in [0.2, 0.25) is 0 Å². The molecule has 1 aromatic rings. The molecule has 0 N–H and O–H groups in total. The van der Waals surface area contributed by atoms with E-state index in [1.165, 1.54) is 11.1 Å². The molecule has 0 amide bonds. The van der Waals surface area contributed by atoms with Gasteiger partial charge in [0.25, 0.3) is 0 Å². The first-order chi connectivity index (χ1) is 8.14. The molecule has 1 heteroatoms. The van der Waals surface area contributed by atoms with Crippen LogP contribution in [0, 0.1) is 22.2 Å². The summed E-state index contributed by atoms with van der Waals surface area (Å²) in [5.74, 6) is 1.02. The molecule has 0 heterocycles. The van der Waals surface area contributed by atoms with Gasteiger partial charge in [0, 0.05) is 0 Å². The highest BCUT2D eigenvalue weighted by molar-refractivity contribution is 5.48. The summed E-state index contributed by atoms with van der Waals surface area (Å²) in [5.41, 5.74) is 3.94. The maximum Gasteiger partial charge on any atom is 0.0991 e. The highest BCUT2D eigenvalue weighted by Crippen LogP contribution is 2.57. The summed E-state index contributed by atoms with van der Waals surface area (Å²) in [6.07, 6.45) is 0. The third kappa shape index (κ3) is 2.05. The maximum absolute atomic E-state index is 9.14. The van der Waals surface area contributed by atoms with Crippen LogP contribution in [-0.4, -0.2) is 0 Å². The van der Waals surface area contributed by atoms with Crippen molar-refractivity contribution in [2.75, 3.05) is 0 Å². The topological polar surface area (TPSA) is 23.8 Å². The molecule has 0 fully saturated rings. The second-order valence-corrected chi connectivity index (χ2v) is 7.69. The van der Waals surface area contributed by atoms with Gasteiger partial charge in [0.15, 0.2) is 0 Å². The summed E-state index contributed by atoms with van der Waals surface area (Å²) in [7, 11) is 0. The van der Waals surface area contributed by atoms with E-state index in [1.54, 1.807) is 0 Å². The molecule has 0 aromatic heterocycles. The van der Waals surface area contributed by atoms with Gasteiger partial charge in [-0.25, -0.2) is 0 Å². The molecule has 0 saturated carbocycles. The van der Waals surface area contributed by atoms with Crippen molar-refractivity contribution in [3.8, 4) is 6.07 Å². The SMILES string of the molecule is CC(C)(C)C1c2cc(C#N)cc(c2)C1C(C)(C)C. The van der Waals surface area contributed by atoms with E-state index in [0.29, 0.717) is 11.8 Å². The quantitative estimate of drug-likeness (QED) is 0.638. The first-order valence-electron chi connectivity index (χ1n) is 6.69. The zero-order valence-corrected chi connectivity index (χ0v) is 12.3. The van der Waals surface area contributed by atoms with Gasteiger partial charge < -0.3 is 0 Å². The van der Waals surface area contributed by atoms with Gasteiger partial charge in [-0.2, -0.15) is 5.26 Å². The lowest BCUT2D eigenvalue weighted by Gasteiger charge is -2.40. The highest BCUT2D eigenvalue weighted by Gasteiger charge is 2.44. The minimum Gasteiger partial charge on any atom is -0.192 e. The van der Waals surface area contributed by atoms with Gasteiger partial charge >= 0.3 is 0 Å². The molecule has 0 saturated heterocycles. The molecule has 1 aromatic carbocycles. The van der Waals surface area contributed by atoms with Crippen LogP contribution in [0.5, 0.6) is 0 Å². The summed E-state index contributed by atoms with van der Waals surface area (Å²) in [6.45, 7) is 13.8. The molecule has 2 rings (SSSR count). The second kappa shape index (κ2) is 3.85. The molecule has 1 aliphatic rings. The first-order valence-corrected chi connectivity index (χ1v) is 6.69. The Hall–Kier alpha value is -1.29. The predicted octanol–water partition coefficient (Wildman–Crippen LogP) is 4.83. The molecule has 96 valence electrons. The van der Waals surface area contributed by atoms with E-state index in [1.807, 2.05) is 0 Å². The number of hydrogen-bond acceptors (Lipinski definition) is 1. The van der Waals surface area contributed by atoms with Crippen molar-refractivity contribution < 1.29 is 0 Å². The van der Waals surface area contributed by atoms with E-state index >= 15 is 0 Å². The molecule has 2 bridgehead atoms. The molecule has 2 unspecified atom stereocenters. The van der Waals surface area contributed by atoms with Gasteiger partial charge in [-0.3, -0.25) is 0 Å². The van der Waals surface area contributed by atoms with Crippen LogP contribution < -0.4 is 0 Å². The van der Waals surface area contributed by atoms with Crippen molar-refractivity contribution in [3.63, 3.8) is 0 Å². The lowest BCUT2D eigenvalue weighted by molar-refractivity contribution is 0.196. The summed E-state index contributed by atoms with van der Waals surface area (Å²) < 4.78 is 0. The highest BCUT2D eigenvalue weighted by atomic mass is 14.5. The molecule has 2 atom stereocenters. The third-order valence-electron chi connectivity index (χ3n) is 4.02. The van der Waals surface area contributed by atoms with Gasteiger partial charge in [-0.05, 0) is 45.9 Å². The zero-order chi connectivity index (χ0) is 13.7. The van der Waals surface area contributed by atoms with Crippen LogP contribution in [0.25, 0.3) is 0 Å². The molecular formula is C17H23N. The molecule has 1 nitrogen and oxygen atoms in total. The molecule has 0 aliphatic heterocycles. The van der Waals surface area contributed by atoms with Gasteiger partial charge in [0.1, 0.15) is 0 Å². The Morgan fingerprint density at radius 1 is 0.833 bits per heavy atom. The number of rotatable bonds is 0. The standard InChI is InChI=1S/C17H23N/c1-16(2,3)14-12-7-11(10-18)8-13(9-12)15(14)17(4,5)6/h7-9,14-15H,1-6H3. The number of benzene rings is 1. The average Bonchev–Trinajstić information content (AvgIpc) is 2.48. The van der Waals surface area contributed by atoms with Crippen LogP contribution in [0.4, 0.5) is 0 Å². The Kier molecular flexibility index (Phi) is 2.81. The summed E-state index contributed by atoms with van der Waals surface area (Å²) in [6, 6.07) is 8.74. The number of fused-ring (bicyclic) bond motifs is 2. The molecule has 1 aliphatic carbocycles. The summed E-state index contributed by atoms with van der Waals surface area (Å²) in [5, 5.41) is 9.14. The Balaban J connectivity index is 2.60. The van der Waals surface area contributed by atoms with Crippen molar-refractivity contribution in [2.24, 2.45) is 10.8 Å². The van der Waals surface area contributed by atoms with E-state index < -0.39 is 0 Å². The molecular weight excluding hydrogens is 218 g/mol. The van der Waals surface area contributed by atoms with Crippen LogP contribution in [0.1, 0.15) is 70.1 Å².